The Morgan fingerprint density at radius 2 is 1.77 bits per heavy atom. The van der Waals surface area contributed by atoms with Gasteiger partial charge in [0.2, 0.25) is 0 Å². The number of benzene rings is 3. The Kier molecular flexibility index (Phi) is 7.98. The van der Waals surface area contributed by atoms with Crippen molar-refractivity contribution in [3.63, 3.8) is 0 Å². The molecule has 0 spiro atoms. The Labute approximate surface area is 227 Å². The molecule has 0 aliphatic carbocycles. The summed E-state index contributed by atoms with van der Waals surface area (Å²) >= 11 is 6.43. The van der Waals surface area contributed by atoms with Crippen molar-refractivity contribution in [3.8, 4) is 17.2 Å². The fourth-order valence-corrected chi connectivity index (χ4v) is 4.49. The van der Waals surface area contributed by atoms with E-state index in [0.717, 1.165) is 26.2 Å². The summed E-state index contributed by atoms with van der Waals surface area (Å²) in [4.78, 5) is 41.4. The number of halogens is 3. The smallest absolute Gasteiger partial charge is 0.328 e. The first-order chi connectivity index (χ1) is 18.6. The van der Waals surface area contributed by atoms with Gasteiger partial charge in [-0.2, -0.15) is 5.26 Å². The van der Waals surface area contributed by atoms with Gasteiger partial charge in [-0.1, -0.05) is 35.9 Å². The molecule has 0 saturated heterocycles. The number of Topliss-reactive ketones (excluding diaryl/α,β-unsaturated/α-hetero) is 1. The number of nitrogens with zero attached hydrogens (tertiary/aromatic N) is 2. The Bertz CT molecular complexity index is 1660. The SMILES string of the molecule is COC(=O)[C@H](Cc1ccc(-c2ccc(C#N)cc2Cl)c2ncccc12)NC(=O)c1c(F)cc(C(C)=O)cc1F. The monoisotopic (exact) mass is 547 g/mol. The van der Waals surface area contributed by atoms with Gasteiger partial charge >= 0.3 is 5.97 Å². The molecule has 1 atom stereocenters. The number of fused-ring (bicyclic) bond motifs is 1. The summed E-state index contributed by atoms with van der Waals surface area (Å²) in [6.45, 7) is 1.14. The van der Waals surface area contributed by atoms with Gasteiger partial charge in [-0.05, 0) is 42.8 Å². The molecule has 39 heavy (non-hydrogen) atoms. The number of methoxy groups -OCH3 is 1. The number of nitrogens with one attached hydrogen (secondary N) is 1. The van der Waals surface area contributed by atoms with E-state index in [1.807, 2.05) is 6.07 Å². The van der Waals surface area contributed by atoms with Gasteiger partial charge < -0.3 is 10.1 Å². The number of carbonyl (C=O) groups excluding carboxylic acids is 3. The average Bonchev–Trinajstić information content (AvgIpc) is 2.92. The maximum Gasteiger partial charge on any atom is 0.328 e. The second kappa shape index (κ2) is 11.4. The maximum atomic E-state index is 14.6. The lowest BCUT2D eigenvalue weighted by Crippen LogP contribution is -2.43. The second-order valence-corrected chi connectivity index (χ2v) is 9.01. The predicted molar refractivity (Wildman–Crippen MR) is 140 cm³/mol. The van der Waals surface area contributed by atoms with E-state index >= 15 is 0 Å². The van der Waals surface area contributed by atoms with E-state index < -0.39 is 40.9 Å². The van der Waals surface area contributed by atoms with Crippen LogP contribution in [0.1, 0.15) is 38.8 Å². The zero-order valence-electron chi connectivity index (χ0n) is 20.7. The normalized spacial score (nSPS) is 11.5. The largest absolute Gasteiger partial charge is 0.467 e. The van der Waals surface area contributed by atoms with Crippen LogP contribution in [0.15, 0.2) is 60.8 Å². The lowest BCUT2D eigenvalue weighted by molar-refractivity contribution is -0.142. The van der Waals surface area contributed by atoms with E-state index in [2.05, 4.69) is 10.3 Å². The number of esters is 1. The number of amides is 1. The highest BCUT2D eigenvalue weighted by Crippen LogP contribution is 2.35. The van der Waals surface area contributed by atoms with Gasteiger partial charge in [0.05, 0.1) is 24.3 Å². The molecule has 0 aliphatic heterocycles. The third kappa shape index (κ3) is 5.61. The van der Waals surface area contributed by atoms with Crippen LogP contribution in [-0.4, -0.2) is 35.8 Å². The molecule has 4 aromatic rings. The van der Waals surface area contributed by atoms with E-state index in [1.165, 1.54) is 0 Å². The van der Waals surface area contributed by atoms with E-state index in [-0.39, 0.29) is 12.0 Å². The van der Waals surface area contributed by atoms with Crippen LogP contribution >= 0.6 is 11.6 Å². The Morgan fingerprint density at radius 1 is 1.08 bits per heavy atom. The molecule has 1 heterocycles. The van der Waals surface area contributed by atoms with Crippen LogP contribution < -0.4 is 5.32 Å². The van der Waals surface area contributed by atoms with Crippen molar-refractivity contribution >= 4 is 40.2 Å². The molecule has 3 aromatic carbocycles. The van der Waals surface area contributed by atoms with Gasteiger partial charge in [0.15, 0.2) is 5.78 Å². The number of nitriles is 1. The summed E-state index contributed by atoms with van der Waals surface area (Å²) < 4.78 is 34.0. The minimum atomic E-state index is -1.30. The molecule has 0 fully saturated rings. The zero-order chi connectivity index (χ0) is 28.3. The van der Waals surface area contributed by atoms with Crippen molar-refractivity contribution in [1.29, 1.82) is 5.26 Å². The van der Waals surface area contributed by atoms with Gasteiger partial charge in [0.25, 0.3) is 5.91 Å². The number of hydrogen-bond donors (Lipinski definition) is 1. The number of aromatic nitrogens is 1. The lowest BCUT2D eigenvalue weighted by Gasteiger charge is -2.19. The molecule has 196 valence electrons. The predicted octanol–water partition coefficient (Wildman–Crippen LogP) is 5.42. The van der Waals surface area contributed by atoms with Gasteiger partial charge in [-0.25, -0.2) is 13.6 Å². The van der Waals surface area contributed by atoms with Crippen LogP contribution in [0, 0.1) is 23.0 Å². The molecule has 7 nitrogen and oxygen atoms in total. The highest BCUT2D eigenvalue weighted by atomic mass is 35.5. The molecular weight excluding hydrogens is 528 g/mol. The first-order valence-electron chi connectivity index (χ1n) is 11.6. The summed E-state index contributed by atoms with van der Waals surface area (Å²) in [6, 6.07) is 14.1. The van der Waals surface area contributed by atoms with Crippen LogP contribution in [0.2, 0.25) is 5.02 Å². The van der Waals surface area contributed by atoms with Gasteiger partial charge in [0, 0.05) is 39.7 Å². The molecule has 1 N–H and O–H groups in total. The third-order valence-electron chi connectivity index (χ3n) is 6.14. The molecule has 0 aliphatic rings. The van der Waals surface area contributed by atoms with E-state index in [4.69, 9.17) is 21.6 Å². The van der Waals surface area contributed by atoms with Crippen molar-refractivity contribution in [2.45, 2.75) is 19.4 Å². The average molecular weight is 548 g/mol. The molecule has 0 radical (unpaired) electrons. The van der Waals surface area contributed by atoms with Gasteiger partial charge in [-0.3, -0.25) is 14.6 Å². The van der Waals surface area contributed by atoms with Gasteiger partial charge in [0.1, 0.15) is 23.2 Å². The number of pyridine rings is 1. The number of hydrogen-bond acceptors (Lipinski definition) is 6. The summed E-state index contributed by atoms with van der Waals surface area (Å²) in [5.74, 6) is -5.06. The van der Waals surface area contributed by atoms with Crippen molar-refractivity contribution in [3.05, 3.63) is 99.7 Å². The van der Waals surface area contributed by atoms with Crippen molar-refractivity contribution in [2.24, 2.45) is 0 Å². The minimum absolute atomic E-state index is 0.0866. The second-order valence-electron chi connectivity index (χ2n) is 8.60. The molecule has 1 amide bonds. The molecule has 1 aromatic heterocycles. The third-order valence-corrected chi connectivity index (χ3v) is 6.45. The van der Waals surface area contributed by atoms with Crippen molar-refractivity contribution < 1.29 is 27.9 Å². The minimum Gasteiger partial charge on any atom is -0.467 e. The summed E-state index contributed by atoms with van der Waals surface area (Å²) in [5.41, 5.74) is 1.71. The fourth-order valence-electron chi connectivity index (χ4n) is 4.21. The van der Waals surface area contributed by atoms with Crippen molar-refractivity contribution in [1.82, 2.24) is 10.3 Å². The lowest BCUT2D eigenvalue weighted by atomic mass is 9.94. The van der Waals surface area contributed by atoms with Crippen LogP contribution in [-0.2, 0) is 16.0 Å². The van der Waals surface area contributed by atoms with E-state index in [1.54, 1.807) is 48.7 Å². The summed E-state index contributed by atoms with van der Waals surface area (Å²) in [6.07, 6.45) is 1.50. The molecule has 10 heteroatoms. The van der Waals surface area contributed by atoms with Gasteiger partial charge in [-0.15, -0.1) is 0 Å². The zero-order valence-corrected chi connectivity index (χ0v) is 21.5. The molecule has 0 unspecified atom stereocenters. The number of carbonyl (C=O) groups is 3. The standard InChI is InChI=1S/C29H20ClF2N3O4/c1-15(36)18-11-23(31)26(24(32)12-18)28(37)35-25(29(38)39-2)13-17-6-8-21(27-19(17)4-3-9-34-27)20-7-5-16(14-33)10-22(20)30/h3-12,25H,13H2,1-2H3,(H,35,37)/t25-/m0/s1. The first-order valence-corrected chi connectivity index (χ1v) is 12.0. The quantitative estimate of drug-likeness (QED) is 0.244. The van der Waals surface area contributed by atoms with Crippen LogP contribution in [0.3, 0.4) is 0 Å². The van der Waals surface area contributed by atoms with E-state index in [0.29, 0.717) is 38.2 Å². The Morgan fingerprint density at radius 3 is 2.38 bits per heavy atom. The maximum absolute atomic E-state index is 14.6. The number of ketones is 1. The molecule has 0 saturated carbocycles. The summed E-state index contributed by atoms with van der Waals surface area (Å²) in [5, 5.41) is 12.5. The fraction of sp³-hybridized carbons (Fsp3) is 0.138. The Balaban J connectivity index is 1.71. The Hall–Kier alpha value is -4.68. The van der Waals surface area contributed by atoms with Crippen LogP contribution in [0.25, 0.3) is 22.0 Å². The molecule has 0 bridgehead atoms. The summed E-state index contributed by atoms with van der Waals surface area (Å²) in [7, 11) is 1.12. The first kappa shape index (κ1) is 27.4. The number of rotatable bonds is 7. The van der Waals surface area contributed by atoms with Crippen molar-refractivity contribution in [2.75, 3.05) is 7.11 Å². The highest BCUT2D eigenvalue weighted by molar-refractivity contribution is 6.33. The molecular formula is C29H20ClF2N3O4. The van der Waals surface area contributed by atoms with Crippen LogP contribution in [0.4, 0.5) is 8.78 Å². The van der Waals surface area contributed by atoms with Crippen LogP contribution in [0.5, 0.6) is 0 Å². The number of ether oxygens (including phenoxy) is 1. The molecule has 4 rings (SSSR count). The van der Waals surface area contributed by atoms with E-state index in [9.17, 15) is 23.2 Å². The highest BCUT2D eigenvalue weighted by Gasteiger charge is 2.27. The topological polar surface area (TPSA) is 109 Å².